The molecule has 126 valence electrons. The lowest BCUT2D eigenvalue weighted by atomic mass is 9.83. The maximum absolute atomic E-state index is 13.5. The molecular weight excluding hydrogens is 298 g/mol. The van der Waals surface area contributed by atoms with Crippen LogP contribution >= 0.6 is 0 Å². The molecule has 2 aliphatic rings. The third-order valence-electron chi connectivity index (χ3n) is 6.26. The molecule has 2 aromatic rings. The summed E-state index contributed by atoms with van der Waals surface area (Å²) in [5.74, 6) is 0.274. The molecule has 1 atom stereocenters. The van der Waals surface area contributed by atoms with Crippen LogP contribution in [0.25, 0.3) is 0 Å². The zero-order chi connectivity index (χ0) is 16.8. The van der Waals surface area contributed by atoms with Crippen LogP contribution in [-0.2, 0) is 16.8 Å². The second-order valence-corrected chi connectivity index (χ2v) is 7.62. The van der Waals surface area contributed by atoms with Gasteiger partial charge in [-0.25, -0.2) is 0 Å². The average molecular weight is 323 g/mol. The Balaban J connectivity index is 1.65. The van der Waals surface area contributed by atoms with Crippen molar-refractivity contribution in [2.24, 2.45) is 5.41 Å². The van der Waals surface area contributed by atoms with E-state index < -0.39 is 0 Å². The van der Waals surface area contributed by atoms with E-state index in [2.05, 4.69) is 34.5 Å². The molecule has 1 aromatic heterocycles. The Hall–Kier alpha value is -2.10. The largest absolute Gasteiger partial charge is 0.341 e. The fraction of sp³-hybridized carbons (Fsp3) is 0.500. The van der Waals surface area contributed by atoms with Gasteiger partial charge in [0.2, 0.25) is 5.91 Å². The number of likely N-dealkylation sites (N-methyl/N-ethyl adjacent to an activating group) is 1. The van der Waals surface area contributed by atoms with Gasteiger partial charge in [-0.15, -0.1) is 0 Å². The Morgan fingerprint density at radius 3 is 2.58 bits per heavy atom. The highest BCUT2D eigenvalue weighted by Crippen LogP contribution is 2.72. The molecule has 4 nitrogen and oxygen atoms in total. The van der Waals surface area contributed by atoms with Crippen molar-refractivity contribution in [1.29, 1.82) is 0 Å². The number of aromatic amines is 1. The lowest BCUT2D eigenvalue weighted by Crippen LogP contribution is -2.39. The van der Waals surface area contributed by atoms with Crippen LogP contribution in [0.5, 0.6) is 0 Å². The molecule has 0 radical (unpaired) electrons. The Kier molecular flexibility index (Phi) is 3.52. The normalized spacial score (nSPS) is 24.2. The number of aromatic nitrogens is 2. The number of rotatable bonds is 4. The molecule has 0 bridgehead atoms. The summed E-state index contributed by atoms with van der Waals surface area (Å²) >= 11 is 0. The van der Waals surface area contributed by atoms with E-state index in [0.717, 1.165) is 17.7 Å². The molecule has 1 aromatic carbocycles. The second kappa shape index (κ2) is 5.47. The van der Waals surface area contributed by atoms with Crippen molar-refractivity contribution in [1.82, 2.24) is 15.1 Å². The topological polar surface area (TPSA) is 49.0 Å². The fourth-order valence-corrected chi connectivity index (χ4v) is 4.86. The minimum Gasteiger partial charge on any atom is -0.341 e. The van der Waals surface area contributed by atoms with E-state index in [9.17, 15) is 4.79 Å². The molecule has 1 heterocycles. The lowest BCUT2D eigenvalue weighted by molar-refractivity contribution is -0.134. The van der Waals surface area contributed by atoms with Gasteiger partial charge >= 0.3 is 0 Å². The first-order valence-corrected chi connectivity index (χ1v) is 8.89. The standard InChI is InChI=1S/C20H25N3O/c1-15-16(12-21-22-15)13-23(2)18(24)20(17-8-4-3-5-9-17)14-19(20)10-6-7-11-19/h3-5,8-9,12H,6-7,10-11,13-14H2,1-2H3,(H,21,22)/t20-/m1/s1. The SMILES string of the molecule is Cc1[nH]ncc1CN(C)C(=O)[C@]1(c2ccccc2)CC12CCCC2. The first-order valence-electron chi connectivity index (χ1n) is 8.89. The molecule has 1 amide bonds. The summed E-state index contributed by atoms with van der Waals surface area (Å²) in [5, 5.41) is 7.04. The quantitative estimate of drug-likeness (QED) is 0.935. The third-order valence-corrected chi connectivity index (χ3v) is 6.26. The maximum atomic E-state index is 13.5. The first kappa shape index (κ1) is 15.4. The van der Waals surface area contributed by atoms with Gasteiger partial charge in [-0.2, -0.15) is 5.10 Å². The van der Waals surface area contributed by atoms with Crippen molar-refractivity contribution in [2.45, 2.75) is 51.0 Å². The van der Waals surface area contributed by atoms with E-state index in [1.54, 1.807) is 0 Å². The van der Waals surface area contributed by atoms with E-state index in [4.69, 9.17) is 0 Å². The molecule has 4 rings (SSSR count). The monoisotopic (exact) mass is 323 g/mol. The summed E-state index contributed by atoms with van der Waals surface area (Å²) in [4.78, 5) is 15.4. The molecule has 24 heavy (non-hydrogen) atoms. The van der Waals surface area contributed by atoms with E-state index in [0.29, 0.717) is 6.54 Å². The molecule has 0 saturated heterocycles. The van der Waals surface area contributed by atoms with Crippen LogP contribution in [0, 0.1) is 12.3 Å². The molecular formula is C20H25N3O. The van der Waals surface area contributed by atoms with E-state index in [-0.39, 0.29) is 16.7 Å². The van der Waals surface area contributed by atoms with Crippen molar-refractivity contribution in [3.8, 4) is 0 Å². The molecule has 1 spiro atoms. The van der Waals surface area contributed by atoms with Gasteiger partial charge in [0.05, 0.1) is 11.6 Å². The number of benzene rings is 1. The minimum absolute atomic E-state index is 0.200. The predicted molar refractivity (Wildman–Crippen MR) is 93.4 cm³/mol. The molecule has 0 aliphatic heterocycles. The minimum atomic E-state index is -0.308. The second-order valence-electron chi connectivity index (χ2n) is 7.62. The number of nitrogens with zero attached hydrogens (tertiary/aromatic N) is 2. The fourth-order valence-electron chi connectivity index (χ4n) is 4.86. The molecule has 4 heteroatoms. The number of amides is 1. The maximum Gasteiger partial charge on any atom is 0.233 e. The number of carbonyl (C=O) groups is 1. The van der Waals surface area contributed by atoms with Crippen molar-refractivity contribution in [2.75, 3.05) is 7.05 Å². The van der Waals surface area contributed by atoms with Crippen LogP contribution in [0.3, 0.4) is 0 Å². The molecule has 2 aliphatic carbocycles. The van der Waals surface area contributed by atoms with Crippen molar-refractivity contribution in [3.63, 3.8) is 0 Å². The highest BCUT2D eigenvalue weighted by atomic mass is 16.2. The molecule has 1 N–H and O–H groups in total. The van der Waals surface area contributed by atoms with Crippen LogP contribution in [0.4, 0.5) is 0 Å². The number of nitrogens with one attached hydrogen (secondary N) is 1. The zero-order valence-electron chi connectivity index (χ0n) is 14.5. The first-order chi connectivity index (χ1) is 11.6. The van der Waals surface area contributed by atoms with E-state index in [1.165, 1.54) is 31.2 Å². The predicted octanol–water partition coefficient (Wildman–Crippen LogP) is 3.58. The van der Waals surface area contributed by atoms with Crippen molar-refractivity contribution in [3.05, 3.63) is 53.3 Å². The van der Waals surface area contributed by atoms with Gasteiger partial charge in [0, 0.05) is 24.8 Å². The summed E-state index contributed by atoms with van der Waals surface area (Å²) in [7, 11) is 1.93. The summed E-state index contributed by atoms with van der Waals surface area (Å²) in [5.41, 5.74) is 3.22. The summed E-state index contributed by atoms with van der Waals surface area (Å²) in [6.45, 7) is 2.62. The van der Waals surface area contributed by atoms with Gasteiger partial charge < -0.3 is 4.90 Å². The van der Waals surface area contributed by atoms with Crippen LogP contribution < -0.4 is 0 Å². The Labute approximate surface area is 143 Å². The number of hydrogen-bond donors (Lipinski definition) is 1. The summed E-state index contributed by atoms with van der Waals surface area (Å²) in [6, 6.07) is 10.4. The summed E-state index contributed by atoms with van der Waals surface area (Å²) in [6.07, 6.45) is 7.72. The number of hydrogen-bond acceptors (Lipinski definition) is 2. The Morgan fingerprint density at radius 1 is 1.25 bits per heavy atom. The number of aryl methyl sites for hydroxylation is 1. The van der Waals surface area contributed by atoms with Gasteiger partial charge in [-0.05, 0) is 37.2 Å². The van der Waals surface area contributed by atoms with Crippen molar-refractivity contribution >= 4 is 5.91 Å². The number of carbonyl (C=O) groups excluding carboxylic acids is 1. The number of H-pyrrole nitrogens is 1. The van der Waals surface area contributed by atoms with Gasteiger partial charge in [-0.3, -0.25) is 9.89 Å². The Morgan fingerprint density at radius 2 is 1.96 bits per heavy atom. The van der Waals surface area contributed by atoms with Crippen LogP contribution in [0.2, 0.25) is 0 Å². The lowest BCUT2D eigenvalue weighted by Gasteiger charge is -2.28. The molecule has 0 unspecified atom stereocenters. The Bertz CT molecular complexity index is 745. The average Bonchev–Trinajstić information content (AvgIpc) is 2.87. The van der Waals surface area contributed by atoms with Gasteiger partial charge in [0.1, 0.15) is 0 Å². The van der Waals surface area contributed by atoms with Gasteiger partial charge in [0.25, 0.3) is 0 Å². The van der Waals surface area contributed by atoms with Crippen molar-refractivity contribution < 1.29 is 4.79 Å². The van der Waals surface area contributed by atoms with Crippen LogP contribution in [0.1, 0.15) is 48.9 Å². The van der Waals surface area contributed by atoms with Gasteiger partial charge in [0.15, 0.2) is 0 Å². The third kappa shape index (κ3) is 2.12. The highest BCUT2D eigenvalue weighted by Gasteiger charge is 2.72. The van der Waals surface area contributed by atoms with Gasteiger partial charge in [-0.1, -0.05) is 43.2 Å². The highest BCUT2D eigenvalue weighted by molar-refractivity contribution is 5.93. The molecule has 2 saturated carbocycles. The zero-order valence-corrected chi connectivity index (χ0v) is 14.5. The molecule has 2 fully saturated rings. The van der Waals surface area contributed by atoms with Crippen LogP contribution in [-0.4, -0.2) is 28.1 Å². The van der Waals surface area contributed by atoms with E-state index in [1.807, 2.05) is 31.1 Å². The smallest absolute Gasteiger partial charge is 0.233 e. The van der Waals surface area contributed by atoms with E-state index >= 15 is 0 Å². The summed E-state index contributed by atoms with van der Waals surface area (Å²) < 4.78 is 0. The van der Waals surface area contributed by atoms with Crippen LogP contribution in [0.15, 0.2) is 36.5 Å².